The smallest absolute Gasteiger partial charge is 0.270 e. The second kappa shape index (κ2) is 7.26. The van der Waals surface area contributed by atoms with Crippen LogP contribution in [0.5, 0.6) is 0 Å². The lowest BCUT2D eigenvalue weighted by Crippen LogP contribution is -2.51. The molecular formula is C15H24N4O2. The van der Waals surface area contributed by atoms with Crippen molar-refractivity contribution in [3.05, 3.63) is 24.0 Å². The molecule has 0 saturated carbocycles. The number of aromatic nitrogens is 1. The normalized spacial score (nSPS) is 16.0. The zero-order valence-electron chi connectivity index (χ0n) is 12.8. The van der Waals surface area contributed by atoms with E-state index in [1.807, 2.05) is 41.8 Å². The highest BCUT2D eigenvalue weighted by Crippen LogP contribution is 2.08. The van der Waals surface area contributed by atoms with Gasteiger partial charge in [-0.15, -0.1) is 0 Å². The van der Waals surface area contributed by atoms with Crippen LogP contribution in [0.4, 0.5) is 0 Å². The molecule has 1 saturated heterocycles. The van der Waals surface area contributed by atoms with Crippen LogP contribution in [0, 0.1) is 0 Å². The maximum Gasteiger partial charge on any atom is 0.270 e. The maximum atomic E-state index is 12.4. The number of amides is 2. The Bertz CT molecular complexity index is 490. The van der Waals surface area contributed by atoms with E-state index in [9.17, 15) is 9.59 Å². The number of nitrogens with one attached hydrogen (secondary N) is 1. The number of rotatable bonds is 5. The van der Waals surface area contributed by atoms with E-state index < -0.39 is 0 Å². The van der Waals surface area contributed by atoms with E-state index in [1.54, 1.807) is 0 Å². The Hall–Kier alpha value is -1.82. The van der Waals surface area contributed by atoms with E-state index in [2.05, 4.69) is 10.2 Å². The summed E-state index contributed by atoms with van der Waals surface area (Å²) in [6.45, 7) is 6.02. The Morgan fingerprint density at radius 3 is 2.52 bits per heavy atom. The van der Waals surface area contributed by atoms with Crippen LogP contribution in [0.1, 0.15) is 23.8 Å². The summed E-state index contributed by atoms with van der Waals surface area (Å²) in [7, 11) is 1.88. The summed E-state index contributed by atoms with van der Waals surface area (Å²) in [5, 5.41) is 2.88. The van der Waals surface area contributed by atoms with Crippen molar-refractivity contribution in [3.8, 4) is 0 Å². The summed E-state index contributed by atoms with van der Waals surface area (Å²) in [4.78, 5) is 28.0. The molecule has 0 bridgehead atoms. The van der Waals surface area contributed by atoms with Gasteiger partial charge in [0.1, 0.15) is 5.69 Å². The summed E-state index contributed by atoms with van der Waals surface area (Å²) in [5.74, 6) is 0.136. The molecule has 1 fully saturated rings. The molecule has 21 heavy (non-hydrogen) atoms. The molecule has 0 unspecified atom stereocenters. The molecule has 0 aliphatic carbocycles. The van der Waals surface area contributed by atoms with Gasteiger partial charge in [-0.25, -0.2) is 0 Å². The molecule has 1 aliphatic rings. The predicted molar refractivity (Wildman–Crippen MR) is 81.1 cm³/mol. The van der Waals surface area contributed by atoms with E-state index in [-0.39, 0.29) is 11.8 Å². The molecule has 1 aromatic rings. The standard InChI is InChI=1S/C15H24N4O2/c1-3-6-16-14(20)12-18-8-10-19(11-9-18)15(21)13-5-4-7-17(13)2/h4-5,7H,3,6,8-12H2,1-2H3,(H,16,20). The zero-order chi connectivity index (χ0) is 15.2. The minimum atomic E-state index is 0.0672. The van der Waals surface area contributed by atoms with Gasteiger partial charge in [0.2, 0.25) is 5.91 Å². The van der Waals surface area contributed by atoms with Crippen LogP contribution >= 0.6 is 0 Å². The van der Waals surface area contributed by atoms with Gasteiger partial charge in [0.25, 0.3) is 5.91 Å². The van der Waals surface area contributed by atoms with E-state index in [0.29, 0.717) is 25.3 Å². The molecule has 6 heteroatoms. The highest BCUT2D eigenvalue weighted by atomic mass is 16.2. The van der Waals surface area contributed by atoms with Gasteiger partial charge >= 0.3 is 0 Å². The van der Waals surface area contributed by atoms with Crippen LogP contribution in [0.15, 0.2) is 18.3 Å². The molecule has 1 aliphatic heterocycles. The third-order valence-corrected chi connectivity index (χ3v) is 3.76. The number of carbonyl (C=O) groups excluding carboxylic acids is 2. The number of hydrogen-bond acceptors (Lipinski definition) is 3. The first-order valence-electron chi connectivity index (χ1n) is 7.51. The Balaban J connectivity index is 1.79. The minimum absolute atomic E-state index is 0.0672. The number of aryl methyl sites for hydroxylation is 1. The average molecular weight is 292 g/mol. The van der Waals surface area contributed by atoms with Crippen LogP contribution < -0.4 is 5.32 Å². The molecular weight excluding hydrogens is 268 g/mol. The van der Waals surface area contributed by atoms with Crippen molar-refractivity contribution >= 4 is 11.8 Å². The van der Waals surface area contributed by atoms with E-state index >= 15 is 0 Å². The van der Waals surface area contributed by atoms with Crippen molar-refractivity contribution in [2.45, 2.75) is 13.3 Å². The fourth-order valence-corrected chi connectivity index (χ4v) is 2.48. The van der Waals surface area contributed by atoms with Gasteiger partial charge in [-0.1, -0.05) is 6.92 Å². The van der Waals surface area contributed by atoms with Crippen LogP contribution in [-0.2, 0) is 11.8 Å². The molecule has 0 spiro atoms. The van der Waals surface area contributed by atoms with Crippen LogP contribution in [-0.4, -0.2) is 65.4 Å². The zero-order valence-corrected chi connectivity index (χ0v) is 12.8. The third kappa shape index (κ3) is 4.07. The fourth-order valence-electron chi connectivity index (χ4n) is 2.48. The molecule has 1 N–H and O–H groups in total. The van der Waals surface area contributed by atoms with Gasteiger partial charge in [-0.05, 0) is 18.6 Å². The van der Waals surface area contributed by atoms with Gasteiger partial charge in [-0.3, -0.25) is 14.5 Å². The largest absolute Gasteiger partial charge is 0.355 e. The summed E-state index contributed by atoms with van der Waals surface area (Å²) in [6.07, 6.45) is 2.83. The van der Waals surface area contributed by atoms with Crippen molar-refractivity contribution in [3.63, 3.8) is 0 Å². The third-order valence-electron chi connectivity index (χ3n) is 3.76. The van der Waals surface area contributed by atoms with E-state index in [0.717, 1.165) is 26.1 Å². The van der Waals surface area contributed by atoms with Gasteiger partial charge < -0.3 is 14.8 Å². The molecule has 0 atom stereocenters. The molecule has 0 radical (unpaired) electrons. The molecule has 2 amide bonds. The van der Waals surface area contributed by atoms with Crippen molar-refractivity contribution < 1.29 is 9.59 Å². The number of hydrogen-bond donors (Lipinski definition) is 1. The lowest BCUT2D eigenvalue weighted by Gasteiger charge is -2.34. The van der Waals surface area contributed by atoms with Crippen molar-refractivity contribution in [2.24, 2.45) is 7.05 Å². The van der Waals surface area contributed by atoms with Crippen molar-refractivity contribution in [1.82, 2.24) is 19.7 Å². The van der Waals surface area contributed by atoms with E-state index in [1.165, 1.54) is 0 Å². The maximum absolute atomic E-state index is 12.4. The molecule has 116 valence electrons. The quantitative estimate of drug-likeness (QED) is 0.850. The van der Waals surface area contributed by atoms with Gasteiger partial charge in [0, 0.05) is 46.0 Å². The predicted octanol–water partition coefficient (Wildman–Crippen LogP) is 0.309. The van der Waals surface area contributed by atoms with Crippen LogP contribution in [0.3, 0.4) is 0 Å². The first-order chi connectivity index (χ1) is 10.1. The lowest BCUT2D eigenvalue weighted by atomic mass is 10.2. The van der Waals surface area contributed by atoms with Crippen molar-refractivity contribution in [2.75, 3.05) is 39.3 Å². The van der Waals surface area contributed by atoms with Crippen LogP contribution in [0.25, 0.3) is 0 Å². The number of carbonyl (C=O) groups is 2. The molecule has 2 rings (SSSR count). The summed E-state index contributed by atoms with van der Waals surface area (Å²) >= 11 is 0. The molecule has 1 aromatic heterocycles. The Labute approximate surface area is 125 Å². The minimum Gasteiger partial charge on any atom is -0.355 e. The van der Waals surface area contributed by atoms with Crippen molar-refractivity contribution in [1.29, 1.82) is 0 Å². The molecule has 6 nitrogen and oxygen atoms in total. The van der Waals surface area contributed by atoms with Gasteiger partial charge in [0.05, 0.1) is 6.54 Å². The Kier molecular flexibility index (Phi) is 5.38. The second-order valence-corrected chi connectivity index (χ2v) is 5.42. The summed E-state index contributed by atoms with van der Waals surface area (Å²) in [5.41, 5.74) is 0.712. The fraction of sp³-hybridized carbons (Fsp3) is 0.600. The number of nitrogens with zero attached hydrogens (tertiary/aromatic N) is 3. The Morgan fingerprint density at radius 2 is 1.95 bits per heavy atom. The van der Waals surface area contributed by atoms with Gasteiger partial charge in [0.15, 0.2) is 0 Å². The monoisotopic (exact) mass is 292 g/mol. The summed E-state index contributed by atoms with van der Waals surface area (Å²) in [6, 6.07) is 3.72. The average Bonchev–Trinajstić information content (AvgIpc) is 2.91. The topological polar surface area (TPSA) is 57.6 Å². The highest BCUT2D eigenvalue weighted by molar-refractivity contribution is 5.92. The second-order valence-electron chi connectivity index (χ2n) is 5.42. The van der Waals surface area contributed by atoms with Gasteiger partial charge in [-0.2, -0.15) is 0 Å². The van der Waals surface area contributed by atoms with E-state index in [4.69, 9.17) is 0 Å². The van der Waals surface area contributed by atoms with Crippen LogP contribution in [0.2, 0.25) is 0 Å². The highest BCUT2D eigenvalue weighted by Gasteiger charge is 2.24. The SMILES string of the molecule is CCCNC(=O)CN1CCN(C(=O)c2cccn2C)CC1. The first kappa shape index (κ1) is 15.6. The Morgan fingerprint density at radius 1 is 1.24 bits per heavy atom. The first-order valence-corrected chi connectivity index (χ1v) is 7.51. The summed E-state index contributed by atoms with van der Waals surface area (Å²) < 4.78 is 1.84. The number of piperazine rings is 1. The lowest BCUT2D eigenvalue weighted by molar-refractivity contribution is -0.122. The molecule has 0 aromatic carbocycles. The molecule has 2 heterocycles.